The van der Waals surface area contributed by atoms with Gasteiger partial charge in [0, 0.05) is 18.6 Å². The van der Waals surface area contributed by atoms with Crippen LogP contribution in [0.4, 0.5) is 0 Å². The summed E-state index contributed by atoms with van der Waals surface area (Å²) in [7, 11) is 0. The van der Waals surface area contributed by atoms with Gasteiger partial charge in [0.05, 0.1) is 6.04 Å². The minimum Gasteiger partial charge on any atom is -0.370 e. The Hall–Kier alpha value is -0.770. The molecule has 0 aromatic rings. The Balaban J connectivity index is 1.54. The molecule has 0 amide bonds. The molecule has 3 fully saturated rings. The third-order valence-electron chi connectivity index (χ3n) is 5.08. The number of rotatable bonds is 2. The van der Waals surface area contributed by atoms with Crippen molar-refractivity contribution in [2.75, 3.05) is 13.1 Å². The Morgan fingerprint density at radius 3 is 2.58 bits per heavy atom. The van der Waals surface area contributed by atoms with E-state index in [0.717, 1.165) is 0 Å². The van der Waals surface area contributed by atoms with Crippen molar-refractivity contribution in [1.82, 2.24) is 10.2 Å². The van der Waals surface area contributed by atoms with Crippen LogP contribution in [0.5, 0.6) is 0 Å². The molecule has 108 valence electrons. The zero-order valence-corrected chi connectivity index (χ0v) is 12.0. The fourth-order valence-corrected chi connectivity index (χ4v) is 4.04. The number of nitrogens with two attached hydrogens (primary N) is 1. The van der Waals surface area contributed by atoms with Gasteiger partial charge in [-0.05, 0) is 38.6 Å². The summed E-state index contributed by atoms with van der Waals surface area (Å²) >= 11 is 0. The van der Waals surface area contributed by atoms with E-state index in [2.05, 4.69) is 10.2 Å². The second-order valence-corrected chi connectivity index (χ2v) is 6.45. The van der Waals surface area contributed by atoms with Crippen molar-refractivity contribution in [1.29, 1.82) is 0 Å². The van der Waals surface area contributed by atoms with E-state index in [9.17, 15) is 0 Å². The van der Waals surface area contributed by atoms with Gasteiger partial charge in [-0.25, -0.2) is 4.99 Å². The van der Waals surface area contributed by atoms with Gasteiger partial charge in [-0.1, -0.05) is 25.7 Å². The lowest BCUT2D eigenvalue weighted by Gasteiger charge is -2.31. The monoisotopic (exact) mass is 264 g/mol. The predicted octanol–water partition coefficient (Wildman–Crippen LogP) is 1.85. The summed E-state index contributed by atoms with van der Waals surface area (Å²) in [6.45, 7) is 2.49. The number of hydrogen-bond acceptors (Lipinski definition) is 2. The lowest BCUT2D eigenvalue weighted by molar-refractivity contribution is 0.189. The number of nitrogens with one attached hydrogen (secondary N) is 1. The van der Waals surface area contributed by atoms with Gasteiger partial charge in [-0.15, -0.1) is 0 Å². The van der Waals surface area contributed by atoms with Gasteiger partial charge in [0.15, 0.2) is 5.96 Å². The van der Waals surface area contributed by atoms with Gasteiger partial charge in [0.25, 0.3) is 0 Å². The molecule has 1 aliphatic carbocycles. The molecule has 19 heavy (non-hydrogen) atoms. The molecule has 2 aliphatic heterocycles. The third-order valence-corrected chi connectivity index (χ3v) is 5.08. The molecule has 0 radical (unpaired) electrons. The third kappa shape index (κ3) is 3.22. The van der Waals surface area contributed by atoms with Crippen LogP contribution in [0.15, 0.2) is 4.99 Å². The fourth-order valence-electron chi connectivity index (χ4n) is 4.04. The Morgan fingerprint density at radius 1 is 0.947 bits per heavy atom. The van der Waals surface area contributed by atoms with Crippen molar-refractivity contribution in [2.24, 2.45) is 10.7 Å². The normalized spacial score (nSPS) is 34.2. The van der Waals surface area contributed by atoms with Crippen LogP contribution in [0.1, 0.15) is 57.8 Å². The van der Waals surface area contributed by atoms with E-state index >= 15 is 0 Å². The molecular weight excluding hydrogens is 236 g/mol. The average Bonchev–Trinajstić information content (AvgIpc) is 2.83. The van der Waals surface area contributed by atoms with Gasteiger partial charge in [-0.2, -0.15) is 0 Å². The summed E-state index contributed by atoms with van der Waals surface area (Å²) in [6, 6.07) is 1.68. The fraction of sp³-hybridized carbons (Fsp3) is 0.933. The number of guanidine groups is 1. The maximum Gasteiger partial charge on any atom is 0.189 e. The van der Waals surface area contributed by atoms with E-state index in [4.69, 9.17) is 10.7 Å². The van der Waals surface area contributed by atoms with E-state index in [-0.39, 0.29) is 0 Å². The van der Waals surface area contributed by atoms with Crippen molar-refractivity contribution in [3.8, 4) is 0 Å². The first-order valence-electron chi connectivity index (χ1n) is 8.17. The molecule has 2 heterocycles. The highest BCUT2D eigenvalue weighted by Gasteiger charge is 2.35. The van der Waals surface area contributed by atoms with Gasteiger partial charge >= 0.3 is 0 Å². The van der Waals surface area contributed by atoms with Crippen molar-refractivity contribution < 1.29 is 0 Å². The summed E-state index contributed by atoms with van der Waals surface area (Å²) in [6.07, 6.45) is 11.8. The van der Waals surface area contributed by atoms with Crippen molar-refractivity contribution in [3.05, 3.63) is 0 Å². The minimum absolute atomic E-state index is 0.441. The first kappa shape index (κ1) is 13.2. The maximum absolute atomic E-state index is 6.13. The van der Waals surface area contributed by atoms with Crippen LogP contribution >= 0.6 is 0 Å². The van der Waals surface area contributed by atoms with E-state index in [1.165, 1.54) is 70.9 Å². The molecule has 4 nitrogen and oxygen atoms in total. The lowest BCUT2D eigenvalue weighted by Crippen LogP contribution is -2.43. The number of fused-ring (bicyclic) bond motifs is 1. The van der Waals surface area contributed by atoms with Crippen LogP contribution in [-0.4, -0.2) is 42.1 Å². The molecule has 1 saturated carbocycles. The molecule has 4 heteroatoms. The van der Waals surface area contributed by atoms with Crippen LogP contribution in [0, 0.1) is 0 Å². The van der Waals surface area contributed by atoms with Crippen LogP contribution in [-0.2, 0) is 0 Å². The summed E-state index contributed by atoms with van der Waals surface area (Å²) < 4.78 is 0. The summed E-state index contributed by atoms with van der Waals surface area (Å²) in [5, 5.41) is 3.45. The molecule has 2 unspecified atom stereocenters. The Labute approximate surface area is 116 Å². The molecule has 2 saturated heterocycles. The summed E-state index contributed by atoms with van der Waals surface area (Å²) in [4.78, 5) is 7.41. The second-order valence-electron chi connectivity index (χ2n) is 6.45. The molecule has 2 atom stereocenters. The van der Waals surface area contributed by atoms with Crippen molar-refractivity contribution >= 4 is 5.96 Å². The standard InChI is InChI=1S/C15H28N4/c16-15(17-12-6-2-1-3-7-12)18-13-9-11-19-10-5-4-8-14(13)19/h12-14H,1-11H2,(H3,16,17,18). The molecule has 0 bridgehead atoms. The number of nitrogens with zero attached hydrogens (tertiary/aromatic N) is 2. The topological polar surface area (TPSA) is 53.6 Å². The Kier molecular flexibility index (Phi) is 4.26. The SMILES string of the molecule is NC(=NC1CCN2CCCCC12)NC1CCCCC1. The maximum atomic E-state index is 6.13. The number of hydrogen-bond donors (Lipinski definition) is 2. The van der Waals surface area contributed by atoms with Crippen LogP contribution in [0.25, 0.3) is 0 Å². The molecule has 0 aromatic carbocycles. The van der Waals surface area contributed by atoms with Gasteiger partial charge in [0.2, 0.25) is 0 Å². The second kappa shape index (κ2) is 6.12. The smallest absolute Gasteiger partial charge is 0.189 e. The van der Waals surface area contributed by atoms with Gasteiger partial charge in [-0.3, -0.25) is 4.90 Å². The molecule has 3 aliphatic rings. The molecule has 3 rings (SSSR count). The zero-order chi connectivity index (χ0) is 13.1. The molecule has 0 aromatic heterocycles. The van der Waals surface area contributed by atoms with Crippen LogP contribution in [0.2, 0.25) is 0 Å². The molecule has 3 N–H and O–H groups in total. The van der Waals surface area contributed by atoms with E-state index in [0.29, 0.717) is 24.1 Å². The highest BCUT2D eigenvalue weighted by Crippen LogP contribution is 2.29. The van der Waals surface area contributed by atoms with Crippen molar-refractivity contribution in [3.63, 3.8) is 0 Å². The van der Waals surface area contributed by atoms with E-state index < -0.39 is 0 Å². The lowest BCUT2D eigenvalue weighted by atomic mass is 9.96. The highest BCUT2D eigenvalue weighted by molar-refractivity contribution is 5.78. The Bertz CT molecular complexity index is 322. The van der Waals surface area contributed by atoms with E-state index in [1.54, 1.807) is 0 Å². The number of aliphatic imine (C=N–C) groups is 1. The summed E-state index contributed by atoms with van der Waals surface area (Å²) in [5.74, 6) is 0.698. The minimum atomic E-state index is 0.441. The van der Waals surface area contributed by atoms with Crippen LogP contribution < -0.4 is 11.1 Å². The first-order chi connectivity index (χ1) is 9.33. The van der Waals surface area contributed by atoms with Gasteiger partial charge < -0.3 is 11.1 Å². The van der Waals surface area contributed by atoms with Crippen LogP contribution in [0.3, 0.4) is 0 Å². The zero-order valence-electron chi connectivity index (χ0n) is 12.0. The highest BCUT2D eigenvalue weighted by atomic mass is 15.2. The first-order valence-corrected chi connectivity index (χ1v) is 8.17. The average molecular weight is 264 g/mol. The van der Waals surface area contributed by atoms with E-state index in [1.807, 2.05) is 0 Å². The largest absolute Gasteiger partial charge is 0.370 e. The van der Waals surface area contributed by atoms with Crippen molar-refractivity contribution in [2.45, 2.75) is 75.9 Å². The predicted molar refractivity (Wildman–Crippen MR) is 79.2 cm³/mol. The number of piperidine rings is 1. The summed E-state index contributed by atoms with van der Waals surface area (Å²) in [5.41, 5.74) is 6.13. The molecular formula is C15H28N4. The Morgan fingerprint density at radius 2 is 1.74 bits per heavy atom. The van der Waals surface area contributed by atoms with Gasteiger partial charge in [0.1, 0.15) is 0 Å². The quantitative estimate of drug-likeness (QED) is 0.591. The molecule has 0 spiro atoms.